The normalized spacial score (nSPS) is 18.6. The maximum atomic E-state index is 14.1. The fourth-order valence-corrected chi connectivity index (χ4v) is 9.45. The molecule has 1 unspecified atom stereocenters. The molecule has 2 aromatic heterocycles. The summed E-state index contributed by atoms with van der Waals surface area (Å²) in [5.41, 5.74) is 9.78. The molecule has 4 aliphatic rings. The Morgan fingerprint density at radius 3 is 2.23 bits per heavy atom. The lowest BCUT2D eigenvalue weighted by molar-refractivity contribution is -0.135. The minimum absolute atomic E-state index is 0.116. The standard InChI is InChI=1S/C46H50N8O7/c1-25(2)37(51-45(57)59-3)43(55)53-20-8-12-35(53)41-47-23-34(49-41)27-14-15-29-28(22-27)24-61-40-31(29)17-16-30-32(40)18-19-33-39(30)50-42(48-33)36-13-9-21-54(36)44(56)38(52-46(58)60-4)26-10-6-5-7-11-26/h5-7,10-11,14-17,22-23,25,35-38H,8-9,12-13,18-21,24H2,1-4H3,(H,47,49)(H,48,50)(H,51,57)(H,52,58)/t35?,36-,37-,38+/m0/s1. The number of hydrogen-bond acceptors (Lipinski definition) is 9. The molecule has 15 nitrogen and oxygen atoms in total. The lowest BCUT2D eigenvalue weighted by Gasteiger charge is -2.30. The second-order valence-electron chi connectivity index (χ2n) is 16.5. The fourth-order valence-electron chi connectivity index (χ4n) is 9.45. The van der Waals surface area contributed by atoms with Crippen molar-refractivity contribution < 1.29 is 33.4 Å². The van der Waals surface area contributed by atoms with Gasteiger partial charge in [-0.3, -0.25) is 9.59 Å². The minimum Gasteiger partial charge on any atom is -0.488 e. The number of nitrogens with zero attached hydrogens (tertiary/aromatic N) is 4. The van der Waals surface area contributed by atoms with Crippen molar-refractivity contribution in [1.29, 1.82) is 0 Å². The lowest BCUT2D eigenvalue weighted by Crippen LogP contribution is -2.51. The van der Waals surface area contributed by atoms with E-state index in [1.165, 1.54) is 14.2 Å². The SMILES string of the molecule is COC(=O)N[C@H](C(=O)N1CCCC1c1ncc(-c2ccc3c(c2)COc2c-3ccc3c2CCc2[nH]c([C@@H]4CCCN4C(=O)[C@H](NC(=O)OC)c4ccccc4)nc2-3)[nH]1)C(C)C. The molecule has 15 heteroatoms. The number of likely N-dealkylation sites (tertiary alicyclic amines) is 2. The number of nitrogens with one attached hydrogen (secondary N) is 4. The number of imidazole rings is 2. The van der Waals surface area contributed by atoms with Crippen molar-refractivity contribution >= 4 is 24.0 Å². The molecule has 4 amide bonds. The monoisotopic (exact) mass is 826 g/mol. The number of aromatic amines is 2. The van der Waals surface area contributed by atoms with Crippen LogP contribution in [0.4, 0.5) is 9.59 Å². The van der Waals surface area contributed by atoms with Crippen molar-refractivity contribution in [2.75, 3.05) is 27.3 Å². The Labute approximate surface area is 353 Å². The van der Waals surface area contributed by atoms with Gasteiger partial charge in [-0.2, -0.15) is 0 Å². The number of amides is 4. The maximum absolute atomic E-state index is 14.1. The van der Waals surface area contributed by atoms with E-state index in [0.29, 0.717) is 31.1 Å². The number of carbonyl (C=O) groups excluding carboxylic acids is 4. The van der Waals surface area contributed by atoms with Crippen LogP contribution >= 0.6 is 0 Å². The maximum Gasteiger partial charge on any atom is 0.407 e. The van der Waals surface area contributed by atoms with Crippen LogP contribution in [0.3, 0.4) is 0 Å². The van der Waals surface area contributed by atoms with Crippen molar-refractivity contribution in [2.24, 2.45) is 5.92 Å². The molecule has 3 aromatic carbocycles. The van der Waals surface area contributed by atoms with E-state index in [0.717, 1.165) is 101 Å². The first-order valence-corrected chi connectivity index (χ1v) is 21.0. The number of alkyl carbamates (subject to hydrolysis) is 2. The molecule has 0 bridgehead atoms. The number of H-pyrrole nitrogens is 2. The van der Waals surface area contributed by atoms with Gasteiger partial charge in [-0.25, -0.2) is 19.6 Å². The van der Waals surface area contributed by atoms with Gasteiger partial charge in [-0.15, -0.1) is 0 Å². The second kappa shape index (κ2) is 16.4. The first kappa shape index (κ1) is 39.8. The van der Waals surface area contributed by atoms with Gasteiger partial charge in [0.1, 0.15) is 36.1 Å². The number of aryl methyl sites for hydroxylation is 1. The van der Waals surface area contributed by atoms with Crippen molar-refractivity contribution in [3.63, 3.8) is 0 Å². The minimum atomic E-state index is -0.888. The highest BCUT2D eigenvalue weighted by molar-refractivity contribution is 5.88. The summed E-state index contributed by atoms with van der Waals surface area (Å²) in [6.45, 7) is 5.35. The second-order valence-corrected chi connectivity index (χ2v) is 16.5. The summed E-state index contributed by atoms with van der Waals surface area (Å²) in [5.74, 6) is 1.87. The number of hydrogen-bond donors (Lipinski definition) is 4. The van der Waals surface area contributed by atoms with Crippen LogP contribution in [0.2, 0.25) is 0 Å². The van der Waals surface area contributed by atoms with Crippen molar-refractivity contribution in [1.82, 2.24) is 40.4 Å². The molecule has 9 rings (SSSR count). The average molecular weight is 827 g/mol. The van der Waals surface area contributed by atoms with E-state index in [9.17, 15) is 19.2 Å². The topological polar surface area (TPSA) is 184 Å². The van der Waals surface area contributed by atoms with E-state index < -0.39 is 24.3 Å². The van der Waals surface area contributed by atoms with Crippen molar-refractivity contribution in [2.45, 2.75) is 83.1 Å². The molecule has 5 heterocycles. The summed E-state index contributed by atoms with van der Waals surface area (Å²) in [6.07, 6.45) is 5.23. The number of aromatic nitrogens is 4. The van der Waals surface area contributed by atoms with Gasteiger partial charge in [0, 0.05) is 35.5 Å². The summed E-state index contributed by atoms with van der Waals surface area (Å²) in [6, 6.07) is 17.8. The lowest BCUT2D eigenvalue weighted by atomic mass is 9.86. The largest absolute Gasteiger partial charge is 0.488 e. The molecular formula is C46H50N8O7. The van der Waals surface area contributed by atoms with Crippen molar-refractivity contribution in [3.05, 3.63) is 101 Å². The Balaban J connectivity index is 0.938. The van der Waals surface area contributed by atoms with Crippen LogP contribution in [0.1, 0.15) is 91.7 Å². The fraction of sp³-hybridized carbons (Fsp3) is 0.391. The molecule has 0 saturated carbocycles. The third kappa shape index (κ3) is 7.35. The number of fused-ring (bicyclic) bond motifs is 7. The number of ether oxygens (including phenoxy) is 3. The molecule has 0 spiro atoms. The first-order valence-electron chi connectivity index (χ1n) is 21.0. The smallest absolute Gasteiger partial charge is 0.407 e. The van der Waals surface area contributed by atoms with Gasteiger partial charge < -0.3 is 44.6 Å². The molecule has 5 aromatic rings. The number of rotatable bonds is 9. The third-order valence-electron chi connectivity index (χ3n) is 12.5. The van der Waals surface area contributed by atoms with Crippen LogP contribution in [-0.2, 0) is 38.5 Å². The molecule has 3 aliphatic heterocycles. The van der Waals surface area contributed by atoms with E-state index in [1.807, 2.05) is 60.2 Å². The zero-order valence-corrected chi connectivity index (χ0v) is 34.7. The number of methoxy groups -OCH3 is 2. The van der Waals surface area contributed by atoms with Crippen LogP contribution < -0.4 is 15.4 Å². The van der Waals surface area contributed by atoms with Crippen LogP contribution in [0.25, 0.3) is 33.6 Å². The first-order chi connectivity index (χ1) is 29.6. The number of carbonyl (C=O) groups is 4. The van der Waals surface area contributed by atoms with Gasteiger partial charge in [0.2, 0.25) is 5.91 Å². The van der Waals surface area contributed by atoms with Crippen LogP contribution in [0.5, 0.6) is 5.75 Å². The van der Waals surface area contributed by atoms with E-state index in [4.69, 9.17) is 24.2 Å². The highest BCUT2D eigenvalue weighted by atomic mass is 16.5. The Hall–Kier alpha value is -6.64. The molecule has 4 atom stereocenters. The summed E-state index contributed by atoms with van der Waals surface area (Å²) >= 11 is 0. The number of benzene rings is 3. The Bertz CT molecular complexity index is 2500. The van der Waals surface area contributed by atoms with Gasteiger partial charge in [-0.1, -0.05) is 62.4 Å². The van der Waals surface area contributed by atoms with Gasteiger partial charge >= 0.3 is 12.2 Å². The molecular weight excluding hydrogens is 777 g/mol. The van der Waals surface area contributed by atoms with Gasteiger partial charge in [-0.05, 0) is 78.8 Å². The Kier molecular flexibility index (Phi) is 10.7. The zero-order chi connectivity index (χ0) is 42.4. The Morgan fingerprint density at radius 2 is 1.49 bits per heavy atom. The molecule has 4 N–H and O–H groups in total. The third-order valence-corrected chi connectivity index (χ3v) is 12.5. The molecule has 0 radical (unpaired) electrons. The van der Waals surface area contributed by atoms with E-state index in [2.05, 4.69) is 50.9 Å². The summed E-state index contributed by atoms with van der Waals surface area (Å²) < 4.78 is 16.2. The Morgan fingerprint density at radius 1 is 0.803 bits per heavy atom. The molecule has 2 saturated heterocycles. The van der Waals surface area contributed by atoms with Crippen molar-refractivity contribution in [3.8, 4) is 39.4 Å². The molecule has 2 fully saturated rings. The van der Waals surface area contributed by atoms with Crippen LogP contribution in [0.15, 0.2) is 66.9 Å². The van der Waals surface area contributed by atoms with Crippen LogP contribution in [-0.4, -0.2) is 87.1 Å². The van der Waals surface area contributed by atoms with Gasteiger partial charge in [0.05, 0.1) is 43.9 Å². The average Bonchev–Trinajstić information content (AvgIpc) is 4.13. The van der Waals surface area contributed by atoms with E-state index >= 15 is 0 Å². The highest BCUT2D eigenvalue weighted by Crippen LogP contribution is 2.47. The molecule has 61 heavy (non-hydrogen) atoms. The summed E-state index contributed by atoms with van der Waals surface area (Å²) in [5, 5.41) is 5.45. The van der Waals surface area contributed by atoms with Gasteiger partial charge in [0.25, 0.3) is 5.91 Å². The predicted molar refractivity (Wildman–Crippen MR) is 225 cm³/mol. The van der Waals surface area contributed by atoms with E-state index in [1.54, 1.807) is 0 Å². The molecule has 316 valence electrons. The summed E-state index contributed by atoms with van der Waals surface area (Å²) in [4.78, 5) is 72.8. The molecule has 1 aliphatic carbocycles. The van der Waals surface area contributed by atoms with E-state index in [-0.39, 0.29) is 29.8 Å². The predicted octanol–water partition coefficient (Wildman–Crippen LogP) is 6.93. The highest BCUT2D eigenvalue weighted by Gasteiger charge is 2.40. The van der Waals surface area contributed by atoms with Gasteiger partial charge in [0.15, 0.2) is 0 Å². The van der Waals surface area contributed by atoms with Crippen LogP contribution in [0, 0.1) is 5.92 Å². The summed E-state index contributed by atoms with van der Waals surface area (Å²) in [7, 11) is 2.58. The quantitative estimate of drug-likeness (QED) is 0.122. The zero-order valence-electron chi connectivity index (χ0n) is 34.7.